The number of fused-ring (bicyclic) bond motifs is 2. The van der Waals surface area contributed by atoms with Gasteiger partial charge in [-0.3, -0.25) is 24.3 Å². The highest BCUT2D eigenvalue weighted by molar-refractivity contribution is 6.23. The molecule has 0 N–H and O–H groups in total. The van der Waals surface area contributed by atoms with Crippen LogP contribution in [-0.2, 0) is 10.3 Å². The topological polar surface area (TPSA) is 89.0 Å². The summed E-state index contributed by atoms with van der Waals surface area (Å²) in [5, 5.41) is 0. The van der Waals surface area contributed by atoms with Crippen LogP contribution in [0.15, 0.2) is 66.9 Å². The number of ether oxygens (including phenoxy) is 2. The molecular weight excluding hydrogens is 446 g/mol. The summed E-state index contributed by atoms with van der Waals surface area (Å²) in [5.74, 6) is -0.0260. The summed E-state index contributed by atoms with van der Waals surface area (Å²) in [7, 11) is 0. The average Bonchev–Trinajstić information content (AvgIpc) is 3.12. The molecule has 176 valence electrons. The van der Waals surface area contributed by atoms with Gasteiger partial charge in [-0.15, -0.1) is 0 Å². The van der Waals surface area contributed by atoms with Crippen LogP contribution >= 0.6 is 0 Å². The molecule has 6 rings (SSSR count). The van der Waals surface area contributed by atoms with E-state index in [1.54, 1.807) is 41.4 Å². The third-order valence-electron chi connectivity index (χ3n) is 6.97. The highest BCUT2D eigenvalue weighted by atomic mass is 16.6. The van der Waals surface area contributed by atoms with Crippen LogP contribution in [-0.4, -0.2) is 51.8 Å². The van der Waals surface area contributed by atoms with Crippen molar-refractivity contribution in [2.24, 2.45) is 0 Å². The third kappa shape index (κ3) is 3.06. The van der Waals surface area contributed by atoms with Crippen LogP contribution in [0.25, 0.3) is 0 Å². The van der Waals surface area contributed by atoms with Gasteiger partial charge in [-0.2, -0.15) is 0 Å². The van der Waals surface area contributed by atoms with E-state index in [9.17, 15) is 14.4 Å². The standard InChI is InChI=1S/C27H23N3O5/c1-27(2,21-9-5-6-12-28-21)30-22(16-10-11-19-20(15-16)35-14-13-34-19)23(26(30)33)29-24(31)17-7-3-4-8-18(17)25(29)32/h3-12,15,22-23H,13-14H2,1-2H3/t22-,23-/m0/s1. The summed E-state index contributed by atoms with van der Waals surface area (Å²) < 4.78 is 11.4. The number of β-lactam (4-membered cyclic amide) rings is 1. The molecular formula is C27H23N3O5. The van der Waals surface area contributed by atoms with E-state index < -0.39 is 29.4 Å². The first-order valence-corrected chi connectivity index (χ1v) is 11.5. The van der Waals surface area contributed by atoms with Gasteiger partial charge < -0.3 is 14.4 Å². The summed E-state index contributed by atoms with van der Waals surface area (Å²) in [6.07, 6.45) is 1.68. The quantitative estimate of drug-likeness (QED) is 0.430. The minimum absolute atomic E-state index is 0.310. The summed E-state index contributed by atoms with van der Waals surface area (Å²) in [6, 6.07) is 16.1. The molecule has 0 spiro atoms. The number of carbonyl (C=O) groups is 3. The molecule has 35 heavy (non-hydrogen) atoms. The largest absolute Gasteiger partial charge is 0.486 e. The molecule has 3 aromatic rings. The van der Waals surface area contributed by atoms with Crippen molar-refractivity contribution in [2.45, 2.75) is 31.5 Å². The number of pyridine rings is 1. The maximum Gasteiger partial charge on any atom is 0.262 e. The molecule has 0 bridgehead atoms. The fourth-order valence-corrected chi connectivity index (χ4v) is 5.23. The number of aromatic nitrogens is 1. The second-order valence-electron chi connectivity index (χ2n) is 9.30. The smallest absolute Gasteiger partial charge is 0.262 e. The Bertz CT molecular complexity index is 1340. The van der Waals surface area contributed by atoms with E-state index in [0.29, 0.717) is 41.5 Å². The molecule has 1 saturated heterocycles. The summed E-state index contributed by atoms with van der Waals surface area (Å²) in [5.41, 5.74) is 1.28. The first kappa shape index (κ1) is 21.3. The number of likely N-dealkylation sites (tertiary alicyclic amines) is 1. The number of imide groups is 1. The molecule has 3 amide bonds. The van der Waals surface area contributed by atoms with E-state index in [-0.39, 0.29) is 5.91 Å². The van der Waals surface area contributed by atoms with Gasteiger partial charge in [0.05, 0.1) is 28.4 Å². The van der Waals surface area contributed by atoms with Crippen molar-refractivity contribution >= 4 is 17.7 Å². The number of hydrogen-bond donors (Lipinski definition) is 0. The number of amides is 3. The van der Waals surface area contributed by atoms with E-state index in [0.717, 1.165) is 10.5 Å². The molecule has 0 saturated carbocycles. The second kappa shape index (κ2) is 7.66. The van der Waals surface area contributed by atoms with E-state index in [1.807, 2.05) is 44.2 Å². The lowest BCUT2D eigenvalue weighted by atomic mass is 9.80. The molecule has 1 fully saturated rings. The van der Waals surface area contributed by atoms with Gasteiger partial charge in [-0.05, 0) is 55.8 Å². The fourth-order valence-electron chi connectivity index (χ4n) is 5.23. The van der Waals surface area contributed by atoms with Crippen LogP contribution in [0.2, 0.25) is 0 Å². The molecule has 0 radical (unpaired) electrons. The third-order valence-corrected chi connectivity index (χ3v) is 6.97. The molecule has 8 nitrogen and oxygen atoms in total. The Morgan fingerprint density at radius 3 is 2.14 bits per heavy atom. The minimum Gasteiger partial charge on any atom is -0.486 e. The zero-order valence-corrected chi connectivity index (χ0v) is 19.3. The van der Waals surface area contributed by atoms with Gasteiger partial charge in [0, 0.05) is 6.20 Å². The van der Waals surface area contributed by atoms with Gasteiger partial charge in [0.2, 0.25) is 5.91 Å². The molecule has 4 heterocycles. The lowest BCUT2D eigenvalue weighted by molar-refractivity contribution is -0.168. The summed E-state index contributed by atoms with van der Waals surface area (Å²) in [6.45, 7) is 4.71. The van der Waals surface area contributed by atoms with E-state index in [2.05, 4.69) is 4.98 Å². The van der Waals surface area contributed by atoms with Gasteiger partial charge in [-0.25, -0.2) is 0 Å². The second-order valence-corrected chi connectivity index (χ2v) is 9.30. The van der Waals surface area contributed by atoms with Crippen molar-refractivity contribution in [3.05, 3.63) is 89.2 Å². The lowest BCUT2D eigenvalue weighted by Crippen LogP contribution is -2.70. The Labute approximate surface area is 202 Å². The zero-order chi connectivity index (χ0) is 24.3. The highest BCUT2D eigenvalue weighted by Gasteiger charge is 2.60. The maximum absolute atomic E-state index is 13.8. The van der Waals surface area contributed by atoms with Crippen LogP contribution in [0.3, 0.4) is 0 Å². The number of carbonyl (C=O) groups excluding carboxylic acids is 3. The van der Waals surface area contributed by atoms with Crippen molar-refractivity contribution in [2.75, 3.05) is 13.2 Å². The molecule has 2 atom stereocenters. The van der Waals surface area contributed by atoms with Crippen molar-refractivity contribution in [1.82, 2.24) is 14.8 Å². The number of nitrogens with zero attached hydrogens (tertiary/aromatic N) is 3. The summed E-state index contributed by atoms with van der Waals surface area (Å²) >= 11 is 0. The minimum atomic E-state index is -0.979. The SMILES string of the molecule is CC(C)(c1ccccn1)N1C(=O)[C@@H](N2C(=O)c3ccccc3C2=O)[C@@H]1c1ccc2c(c1)OCCO2. The normalized spacial score (nSPS) is 21.1. The van der Waals surface area contributed by atoms with Crippen LogP contribution in [0.5, 0.6) is 11.5 Å². The van der Waals surface area contributed by atoms with Crippen LogP contribution in [0.1, 0.15) is 51.9 Å². The van der Waals surface area contributed by atoms with E-state index in [4.69, 9.17) is 9.47 Å². The van der Waals surface area contributed by atoms with Crippen LogP contribution in [0, 0.1) is 0 Å². The molecule has 3 aliphatic rings. The first-order valence-electron chi connectivity index (χ1n) is 11.5. The predicted molar refractivity (Wildman–Crippen MR) is 125 cm³/mol. The first-order chi connectivity index (χ1) is 16.9. The highest BCUT2D eigenvalue weighted by Crippen LogP contribution is 2.49. The number of hydrogen-bond acceptors (Lipinski definition) is 6. The van der Waals surface area contributed by atoms with Crippen molar-refractivity contribution in [3.63, 3.8) is 0 Å². The Morgan fingerprint density at radius 2 is 1.49 bits per heavy atom. The number of benzene rings is 2. The van der Waals surface area contributed by atoms with Gasteiger partial charge >= 0.3 is 0 Å². The monoisotopic (exact) mass is 469 g/mol. The van der Waals surface area contributed by atoms with E-state index in [1.165, 1.54) is 0 Å². The average molecular weight is 469 g/mol. The zero-order valence-electron chi connectivity index (χ0n) is 19.3. The van der Waals surface area contributed by atoms with Crippen molar-refractivity contribution in [3.8, 4) is 11.5 Å². The predicted octanol–water partition coefficient (Wildman–Crippen LogP) is 3.34. The number of rotatable bonds is 4. The maximum atomic E-state index is 13.8. The molecule has 0 unspecified atom stereocenters. The van der Waals surface area contributed by atoms with Crippen molar-refractivity contribution in [1.29, 1.82) is 0 Å². The Balaban J connectivity index is 1.45. The Morgan fingerprint density at radius 1 is 0.829 bits per heavy atom. The van der Waals surface area contributed by atoms with Crippen molar-refractivity contribution < 1.29 is 23.9 Å². The molecule has 3 aliphatic heterocycles. The van der Waals surface area contributed by atoms with Gasteiger partial charge in [0.1, 0.15) is 19.3 Å². The Kier molecular flexibility index (Phi) is 4.67. The molecule has 8 heteroatoms. The van der Waals surface area contributed by atoms with Crippen LogP contribution < -0.4 is 9.47 Å². The van der Waals surface area contributed by atoms with Gasteiger partial charge in [0.15, 0.2) is 11.5 Å². The Hall–Kier alpha value is -4.20. The molecule has 2 aromatic carbocycles. The van der Waals surface area contributed by atoms with E-state index >= 15 is 0 Å². The van der Waals surface area contributed by atoms with Gasteiger partial charge in [0.25, 0.3) is 11.8 Å². The lowest BCUT2D eigenvalue weighted by Gasteiger charge is -2.56. The van der Waals surface area contributed by atoms with Crippen LogP contribution in [0.4, 0.5) is 0 Å². The van der Waals surface area contributed by atoms with Gasteiger partial charge in [-0.1, -0.05) is 24.3 Å². The summed E-state index contributed by atoms with van der Waals surface area (Å²) in [4.78, 5) is 47.7. The molecule has 1 aromatic heterocycles. The fraction of sp³-hybridized carbons (Fsp3) is 0.259. The molecule has 0 aliphatic carbocycles.